The molecule has 5 rings (SSSR count). The van der Waals surface area contributed by atoms with Gasteiger partial charge in [0, 0.05) is 11.6 Å². The molecule has 0 amide bonds. The lowest BCUT2D eigenvalue weighted by atomic mass is 9.76. The van der Waals surface area contributed by atoms with Gasteiger partial charge in [0.05, 0.1) is 18.7 Å². The molecule has 0 saturated heterocycles. The van der Waals surface area contributed by atoms with Gasteiger partial charge in [-0.15, -0.1) is 0 Å². The van der Waals surface area contributed by atoms with E-state index in [1.54, 1.807) is 0 Å². The maximum atomic E-state index is 12.0. The summed E-state index contributed by atoms with van der Waals surface area (Å²) in [6, 6.07) is 21.2. The third kappa shape index (κ3) is 2.54. The fourth-order valence-corrected chi connectivity index (χ4v) is 4.67. The smallest absolute Gasteiger partial charge is 0.337 e. The third-order valence-corrected chi connectivity index (χ3v) is 5.94. The number of esters is 1. The van der Waals surface area contributed by atoms with Gasteiger partial charge >= 0.3 is 5.97 Å². The van der Waals surface area contributed by atoms with Crippen LogP contribution >= 0.6 is 0 Å². The van der Waals surface area contributed by atoms with E-state index in [2.05, 4.69) is 59.9 Å². The van der Waals surface area contributed by atoms with Crippen LogP contribution in [0.25, 0.3) is 10.8 Å². The minimum absolute atomic E-state index is 0.243. The fourth-order valence-electron chi connectivity index (χ4n) is 4.67. The van der Waals surface area contributed by atoms with Crippen molar-refractivity contribution in [2.75, 3.05) is 12.4 Å². The lowest BCUT2D eigenvalue weighted by Gasteiger charge is -2.38. The molecular weight excluding hydrogens is 334 g/mol. The number of carbonyl (C=O) groups excluding carboxylic acids is 1. The van der Waals surface area contributed by atoms with Crippen LogP contribution in [0.4, 0.5) is 5.69 Å². The largest absolute Gasteiger partial charge is 0.465 e. The number of rotatable bonds is 2. The molecule has 0 saturated carbocycles. The number of allylic oxidation sites excluding steroid dienone is 2. The first-order chi connectivity index (χ1) is 13.3. The third-order valence-electron chi connectivity index (χ3n) is 5.94. The molecule has 134 valence electrons. The number of anilines is 1. The minimum Gasteiger partial charge on any atom is -0.465 e. The van der Waals surface area contributed by atoms with Crippen LogP contribution in [0, 0.1) is 5.92 Å². The van der Waals surface area contributed by atoms with Gasteiger partial charge in [-0.1, -0.05) is 54.6 Å². The zero-order valence-electron chi connectivity index (χ0n) is 15.2. The number of hydrogen-bond acceptors (Lipinski definition) is 3. The highest BCUT2D eigenvalue weighted by atomic mass is 16.5. The number of benzene rings is 3. The summed E-state index contributed by atoms with van der Waals surface area (Å²) in [6.07, 6.45) is 5.60. The van der Waals surface area contributed by atoms with Crippen molar-refractivity contribution in [2.24, 2.45) is 5.92 Å². The molecule has 0 radical (unpaired) electrons. The Morgan fingerprint density at radius 2 is 1.89 bits per heavy atom. The average molecular weight is 355 g/mol. The molecule has 1 heterocycles. The fraction of sp³-hybridized carbons (Fsp3) is 0.208. The first-order valence-corrected chi connectivity index (χ1v) is 9.39. The van der Waals surface area contributed by atoms with Gasteiger partial charge in [-0.05, 0) is 52.4 Å². The van der Waals surface area contributed by atoms with Gasteiger partial charge in [-0.3, -0.25) is 0 Å². The van der Waals surface area contributed by atoms with E-state index in [1.165, 1.54) is 29.0 Å². The van der Waals surface area contributed by atoms with Gasteiger partial charge in [0.2, 0.25) is 0 Å². The Hall–Kier alpha value is -3.07. The lowest BCUT2D eigenvalue weighted by molar-refractivity contribution is 0.0600. The Morgan fingerprint density at radius 1 is 1.04 bits per heavy atom. The monoisotopic (exact) mass is 355 g/mol. The van der Waals surface area contributed by atoms with E-state index in [9.17, 15) is 4.79 Å². The lowest BCUT2D eigenvalue weighted by Crippen LogP contribution is -2.29. The van der Waals surface area contributed by atoms with Crippen molar-refractivity contribution >= 4 is 22.4 Å². The van der Waals surface area contributed by atoms with Gasteiger partial charge in [-0.25, -0.2) is 4.79 Å². The molecular formula is C24H21NO2. The molecule has 1 N–H and O–H groups in total. The molecule has 3 heteroatoms. The highest BCUT2D eigenvalue weighted by Crippen LogP contribution is 2.50. The topological polar surface area (TPSA) is 38.3 Å². The number of carbonyl (C=O) groups is 1. The predicted molar refractivity (Wildman–Crippen MR) is 108 cm³/mol. The minimum atomic E-state index is -0.285. The molecule has 1 aliphatic carbocycles. The number of nitrogens with one attached hydrogen (secondary N) is 1. The number of hydrogen-bond donors (Lipinski definition) is 1. The van der Waals surface area contributed by atoms with Crippen LogP contribution in [0.3, 0.4) is 0 Å². The van der Waals surface area contributed by atoms with E-state index in [0.717, 1.165) is 12.1 Å². The van der Waals surface area contributed by atoms with Crippen molar-refractivity contribution in [3.8, 4) is 0 Å². The van der Waals surface area contributed by atoms with Crippen molar-refractivity contribution in [3.05, 3.63) is 89.5 Å². The van der Waals surface area contributed by atoms with E-state index in [-0.39, 0.29) is 12.0 Å². The van der Waals surface area contributed by atoms with Gasteiger partial charge in [-0.2, -0.15) is 0 Å². The Kier molecular flexibility index (Phi) is 3.75. The van der Waals surface area contributed by atoms with E-state index in [4.69, 9.17) is 4.74 Å². The Morgan fingerprint density at radius 3 is 2.78 bits per heavy atom. The normalized spacial score (nSPS) is 22.8. The van der Waals surface area contributed by atoms with E-state index in [1.807, 2.05) is 18.2 Å². The average Bonchev–Trinajstić information content (AvgIpc) is 3.22. The molecule has 1 aliphatic heterocycles. The summed E-state index contributed by atoms with van der Waals surface area (Å²) in [4.78, 5) is 12.0. The van der Waals surface area contributed by atoms with Gasteiger partial charge < -0.3 is 10.1 Å². The SMILES string of the molecule is COC(=O)c1ccc2c(c1)[C@@H]1C=CC[C@@H]1[C@@H](c1cccc3ccccc13)N2. The van der Waals surface area contributed by atoms with Crippen LogP contribution in [-0.2, 0) is 4.74 Å². The second kappa shape index (κ2) is 6.27. The molecule has 3 atom stereocenters. The first-order valence-electron chi connectivity index (χ1n) is 9.39. The summed E-state index contributed by atoms with van der Waals surface area (Å²) >= 11 is 0. The number of fused-ring (bicyclic) bond motifs is 4. The van der Waals surface area contributed by atoms with Crippen molar-refractivity contribution in [2.45, 2.75) is 18.4 Å². The Bertz CT molecular complexity index is 1060. The van der Waals surface area contributed by atoms with Gasteiger partial charge in [0.1, 0.15) is 0 Å². The van der Waals surface area contributed by atoms with Crippen molar-refractivity contribution in [1.29, 1.82) is 0 Å². The summed E-state index contributed by atoms with van der Waals surface area (Å²) in [6.45, 7) is 0. The maximum absolute atomic E-state index is 12.0. The standard InChI is InChI=1S/C24H21NO2/c1-27-24(26)16-12-13-22-21(14-16)18-9-5-11-20(18)23(25-22)19-10-4-7-15-6-2-3-8-17(15)19/h2-10,12-14,18,20,23,25H,11H2,1H3/t18-,20+,23-/m1/s1. The number of methoxy groups -OCH3 is 1. The molecule has 0 fully saturated rings. The van der Waals surface area contributed by atoms with Crippen molar-refractivity contribution < 1.29 is 9.53 Å². The first kappa shape index (κ1) is 16.1. The highest BCUT2D eigenvalue weighted by molar-refractivity contribution is 5.91. The van der Waals surface area contributed by atoms with Gasteiger partial charge in [0.25, 0.3) is 0 Å². The molecule has 0 unspecified atom stereocenters. The van der Waals surface area contributed by atoms with Crippen LogP contribution in [0.15, 0.2) is 72.8 Å². The zero-order chi connectivity index (χ0) is 18.4. The van der Waals surface area contributed by atoms with Crippen LogP contribution in [-0.4, -0.2) is 13.1 Å². The van der Waals surface area contributed by atoms with Crippen molar-refractivity contribution in [3.63, 3.8) is 0 Å². The second-order valence-corrected chi connectivity index (χ2v) is 7.34. The van der Waals surface area contributed by atoms with Crippen LogP contribution in [0.1, 0.15) is 39.9 Å². The molecule has 0 aromatic heterocycles. The Labute approximate surface area is 158 Å². The van der Waals surface area contributed by atoms with Crippen molar-refractivity contribution in [1.82, 2.24) is 0 Å². The van der Waals surface area contributed by atoms with Gasteiger partial charge in [0.15, 0.2) is 0 Å². The predicted octanol–water partition coefficient (Wildman–Crippen LogP) is 5.45. The van der Waals surface area contributed by atoms with Crippen LogP contribution in [0.2, 0.25) is 0 Å². The zero-order valence-corrected chi connectivity index (χ0v) is 15.2. The molecule has 27 heavy (non-hydrogen) atoms. The molecule has 3 nitrogen and oxygen atoms in total. The summed E-state index contributed by atoms with van der Waals surface area (Å²) in [7, 11) is 1.43. The van der Waals surface area contributed by atoms with Crippen LogP contribution < -0.4 is 5.32 Å². The number of ether oxygens (including phenoxy) is 1. The molecule has 0 spiro atoms. The second-order valence-electron chi connectivity index (χ2n) is 7.34. The molecule has 0 bridgehead atoms. The van der Waals surface area contributed by atoms with E-state index in [0.29, 0.717) is 17.4 Å². The molecule has 3 aromatic carbocycles. The highest BCUT2D eigenvalue weighted by Gasteiger charge is 2.38. The van der Waals surface area contributed by atoms with E-state index >= 15 is 0 Å². The van der Waals surface area contributed by atoms with E-state index < -0.39 is 0 Å². The summed E-state index contributed by atoms with van der Waals surface area (Å²) < 4.78 is 4.90. The molecule has 2 aliphatic rings. The summed E-state index contributed by atoms with van der Waals surface area (Å²) in [5, 5.41) is 6.34. The quantitative estimate of drug-likeness (QED) is 0.490. The summed E-state index contributed by atoms with van der Waals surface area (Å²) in [5.74, 6) is 0.471. The Balaban J connectivity index is 1.62. The maximum Gasteiger partial charge on any atom is 0.337 e. The van der Waals surface area contributed by atoms with Crippen LogP contribution in [0.5, 0.6) is 0 Å². The summed E-state index contributed by atoms with van der Waals surface area (Å²) in [5.41, 5.74) is 4.25. The molecule has 3 aromatic rings.